The molecule has 0 aromatic rings. The van der Waals surface area contributed by atoms with Crippen LogP contribution in [0.25, 0.3) is 0 Å². The molecule has 0 N–H and O–H groups in total. The Bertz CT molecular complexity index is 229. The minimum atomic E-state index is 0.468. The van der Waals surface area contributed by atoms with E-state index in [2.05, 4.69) is 12.2 Å². The summed E-state index contributed by atoms with van der Waals surface area (Å²) in [5, 5.41) is 0. The summed E-state index contributed by atoms with van der Waals surface area (Å²) in [6.07, 6.45) is 6.73. The summed E-state index contributed by atoms with van der Waals surface area (Å²) < 4.78 is 0. The molecule has 0 aromatic carbocycles. The number of hydrogen-bond acceptors (Lipinski definition) is 1. The van der Waals surface area contributed by atoms with Crippen molar-refractivity contribution in [1.29, 1.82) is 0 Å². The van der Waals surface area contributed by atoms with E-state index in [9.17, 15) is 4.79 Å². The molecule has 3 aliphatic rings. The van der Waals surface area contributed by atoms with Crippen molar-refractivity contribution >= 4 is 5.78 Å². The van der Waals surface area contributed by atoms with Crippen LogP contribution in [0.15, 0.2) is 12.2 Å². The molecule has 3 rings (SSSR count). The zero-order valence-electron chi connectivity index (χ0n) is 5.79. The number of carbonyl (C=O) groups is 1. The van der Waals surface area contributed by atoms with Crippen LogP contribution in [-0.2, 0) is 4.79 Å². The SMILES string of the molecule is O=C1C[C@H]2[C@H]1[C@H]1C=C[C@@H]2C1. The quantitative estimate of drug-likeness (QED) is 0.458. The normalized spacial score (nSPS) is 55.0. The molecule has 2 fully saturated rings. The van der Waals surface area contributed by atoms with Gasteiger partial charge >= 0.3 is 0 Å². The zero-order valence-corrected chi connectivity index (χ0v) is 5.79. The molecule has 0 heterocycles. The largest absolute Gasteiger partial charge is 0.299 e. The van der Waals surface area contributed by atoms with E-state index in [-0.39, 0.29) is 0 Å². The summed E-state index contributed by atoms with van der Waals surface area (Å²) in [5.41, 5.74) is 0. The van der Waals surface area contributed by atoms with Crippen LogP contribution in [0.4, 0.5) is 0 Å². The van der Waals surface area contributed by atoms with Gasteiger partial charge in [0.1, 0.15) is 5.78 Å². The topological polar surface area (TPSA) is 17.1 Å². The second-order valence-corrected chi connectivity index (χ2v) is 3.81. The fourth-order valence-electron chi connectivity index (χ4n) is 2.89. The highest BCUT2D eigenvalue weighted by Crippen LogP contribution is 2.55. The van der Waals surface area contributed by atoms with Gasteiger partial charge in [-0.2, -0.15) is 0 Å². The average Bonchev–Trinajstić information content (AvgIpc) is 2.40. The van der Waals surface area contributed by atoms with Crippen molar-refractivity contribution in [2.24, 2.45) is 23.7 Å². The van der Waals surface area contributed by atoms with Crippen molar-refractivity contribution in [2.75, 3.05) is 0 Å². The lowest BCUT2D eigenvalue weighted by Gasteiger charge is -2.35. The van der Waals surface area contributed by atoms with Gasteiger partial charge in [-0.05, 0) is 24.2 Å². The summed E-state index contributed by atoms with van der Waals surface area (Å²) in [6, 6.07) is 0. The Labute approximate surface area is 60.1 Å². The molecule has 0 aliphatic heterocycles. The van der Waals surface area contributed by atoms with Gasteiger partial charge in [-0.3, -0.25) is 4.79 Å². The molecule has 3 aliphatic carbocycles. The Kier molecular flexibility index (Phi) is 0.697. The molecule has 0 spiro atoms. The highest BCUT2D eigenvalue weighted by atomic mass is 16.1. The van der Waals surface area contributed by atoms with Crippen LogP contribution in [0.2, 0.25) is 0 Å². The van der Waals surface area contributed by atoms with Crippen LogP contribution in [0.3, 0.4) is 0 Å². The van der Waals surface area contributed by atoms with E-state index in [1.54, 1.807) is 0 Å². The number of carbonyl (C=O) groups excluding carboxylic acids is 1. The molecule has 0 radical (unpaired) electrons. The molecule has 4 atom stereocenters. The van der Waals surface area contributed by atoms with Crippen molar-refractivity contribution in [3.8, 4) is 0 Å². The maximum Gasteiger partial charge on any atom is 0.137 e. The number of rotatable bonds is 0. The lowest BCUT2D eigenvalue weighted by Crippen LogP contribution is -2.39. The van der Waals surface area contributed by atoms with Crippen LogP contribution in [-0.4, -0.2) is 5.78 Å². The lowest BCUT2D eigenvalue weighted by atomic mass is 9.67. The van der Waals surface area contributed by atoms with Crippen LogP contribution in [0.1, 0.15) is 12.8 Å². The smallest absolute Gasteiger partial charge is 0.137 e. The first-order valence-electron chi connectivity index (χ1n) is 4.07. The average molecular weight is 134 g/mol. The van der Waals surface area contributed by atoms with E-state index in [4.69, 9.17) is 0 Å². The summed E-state index contributed by atoms with van der Waals surface area (Å²) in [4.78, 5) is 11.1. The third kappa shape index (κ3) is 0.377. The van der Waals surface area contributed by atoms with Crippen LogP contribution in [0.5, 0.6) is 0 Å². The number of hydrogen-bond donors (Lipinski definition) is 0. The van der Waals surface area contributed by atoms with Crippen molar-refractivity contribution in [3.05, 3.63) is 12.2 Å². The highest BCUT2D eigenvalue weighted by Gasteiger charge is 2.54. The van der Waals surface area contributed by atoms with Crippen LogP contribution in [0, 0.1) is 23.7 Å². The summed E-state index contributed by atoms with van der Waals surface area (Å²) in [5.74, 6) is 3.20. The minimum Gasteiger partial charge on any atom is -0.299 e. The second kappa shape index (κ2) is 1.36. The van der Waals surface area contributed by atoms with Crippen LogP contribution < -0.4 is 0 Å². The standard InChI is InChI=1S/C9H10O/c10-8-4-7-5-1-2-6(3-5)9(7)8/h1-2,5-7,9H,3-4H2/t5-,6+,7-,9-/m1/s1. The van der Waals surface area contributed by atoms with Crippen LogP contribution >= 0.6 is 0 Å². The molecule has 1 nitrogen and oxygen atoms in total. The second-order valence-electron chi connectivity index (χ2n) is 3.81. The van der Waals surface area contributed by atoms with Gasteiger partial charge < -0.3 is 0 Å². The monoisotopic (exact) mass is 134 g/mol. The lowest BCUT2D eigenvalue weighted by molar-refractivity contribution is -0.134. The number of Topliss-reactive ketones (excluding diaryl/α,β-unsaturated/α-hetero) is 1. The first-order chi connectivity index (χ1) is 4.86. The molecule has 2 saturated carbocycles. The maximum atomic E-state index is 11.1. The molecule has 0 amide bonds. The van der Waals surface area contributed by atoms with Gasteiger partial charge in [-0.15, -0.1) is 0 Å². The molecule has 0 saturated heterocycles. The Morgan fingerprint density at radius 3 is 2.70 bits per heavy atom. The van der Waals surface area contributed by atoms with Gasteiger partial charge in [-0.25, -0.2) is 0 Å². The Morgan fingerprint density at radius 1 is 1.30 bits per heavy atom. The van der Waals surface area contributed by atoms with Crippen molar-refractivity contribution in [2.45, 2.75) is 12.8 Å². The summed E-state index contributed by atoms with van der Waals surface area (Å²) in [7, 11) is 0. The van der Waals surface area contributed by atoms with E-state index in [1.165, 1.54) is 6.42 Å². The zero-order chi connectivity index (χ0) is 6.72. The van der Waals surface area contributed by atoms with Gasteiger partial charge in [-0.1, -0.05) is 12.2 Å². The summed E-state index contributed by atoms with van der Waals surface area (Å²) >= 11 is 0. The van der Waals surface area contributed by atoms with Gasteiger partial charge in [0.2, 0.25) is 0 Å². The molecule has 52 valence electrons. The third-order valence-electron chi connectivity index (χ3n) is 3.43. The predicted molar refractivity (Wildman–Crippen MR) is 37.3 cm³/mol. The maximum absolute atomic E-state index is 11.1. The van der Waals surface area contributed by atoms with Crippen molar-refractivity contribution in [1.82, 2.24) is 0 Å². The number of ketones is 1. The van der Waals surface area contributed by atoms with Gasteiger partial charge in [0, 0.05) is 12.3 Å². The van der Waals surface area contributed by atoms with E-state index < -0.39 is 0 Å². The van der Waals surface area contributed by atoms with E-state index in [1.807, 2.05) is 0 Å². The third-order valence-corrected chi connectivity index (χ3v) is 3.43. The van der Waals surface area contributed by atoms with Gasteiger partial charge in [0.15, 0.2) is 0 Å². The van der Waals surface area contributed by atoms with E-state index in [0.717, 1.165) is 18.3 Å². The minimum absolute atomic E-state index is 0.468. The molecular weight excluding hydrogens is 124 g/mol. The van der Waals surface area contributed by atoms with E-state index >= 15 is 0 Å². The predicted octanol–water partition coefficient (Wildman–Crippen LogP) is 1.40. The first-order valence-corrected chi connectivity index (χ1v) is 4.07. The molecule has 0 unspecified atom stereocenters. The molecular formula is C9H10O. The first kappa shape index (κ1) is 5.11. The van der Waals surface area contributed by atoms with E-state index in [0.29, 0.717) is 17.6 Å². The fraction of sp³-hybridized carbons (Fsp3) is 0.667. The fourth-order valence-corrected chi connectivity index (χ4v) is 2.89. The summed E-state index contributed by atoms with van der Waals surface area (Å²) in [6.45, 7) is 0. The van der Waals surface area contributed by atoms with Gasteiger partial charge in [0.05, 0.1) is 0 Å². The van der Waals surface area contributed by atoms with Gasteiger partial charge in [0.25, 0.3) is 0 Å². The van der Waals surface area contributed by atoms with Crippen molar-refractivity contribution < 1.29 is 4.79 Å². The number of fused-ring (bicyclic) bond motifs is 5. The number of allylic oxidation sites excluding steroid dienone is 2. The Hall–Kier alpha value is -0.590. The molecule has 10 heavy (non-hydrogen) atoms. The molecule has 0 aromatic heterocycles. The van der Waals surface area contributed by atoms with Crippen molar-refractivity contribution in [3.63, 3.8) is 0 Å². The molecule has 1 heteroatoms. The molecule has 2 bridgehead atoms. The highest BCUT2D eigenvalue weighted by molar-refractivity contribution is 5.89. The Balaban J connectivity index is 2.03. The Morgan fingerprint density at radius 2 is 2.10 bits per heavy atom.